The summed E-state index contributed by atoms with van der Waals surface area (Å²) in [7, 11) is 0. The number of nitrogens with zero attached hydrogens (tertiary/aromatic N) is 1. The number of hydrogen-bond donors (Lipinski definition) is 1. The fourth-order valence-electron chi connectivity index (χ4n) is 2.28. The molecule has 0 aliphatic carbocycles. The van der Waals surface area contributed by atoms with Crippen molar-refractivity contribution in [3.63, 3.8) is 0 Å². The lowest BCUT2D eigenvalue weighted by atomic mass is 9.95. The van der Waals surface area contributed by atoms with Crippen LogP contribution in [0.4, 0.5) is 4.79 Å². The number of benzene rings is 1. The lowest BCUT2D eigenvalue weighted by molar-refractivity contribution is 0.00462. The van der Waals surface area contributed by atoms with Gasteiger partial charge in [0, 0.05) is 6.54 Å². The first-order chi connectivity index (χ1) is 8.90. The van der Waals surface area contributed by atoms with Crippen LogP contribution in [0.15, 0.2) is 24.3 Å². The molecule has 1 unspecified atom stereocenters. The number of carbonyl (C=O) groups is 1. The summed E-state index contributed by atoms with van der Waals surface area (Å²) in [5.41, 5.74) is 1.80. The second-order valence-electron chi connectivity index (χ2n) is 5.92. The van der Waals surface area contributed by atoms with Crippen molar-refractivity contribution < 1.29 is 14.6 Å². The maximum absolute atomic E-state index is 12.2. The Morgan fingerprint density at radius 1 is 1.37 bits per heavy atom. The van der Waals surface area contributed by atoms with Crippen LogP contribution >= 0.6 is 0 Å². The van der Waals surface area contributed by atoms with Crippen LogP contribution in [0.3, 0.4) is 0 Å². The van der Waals surface area contributed by atoms with Crippen LogP contribution in [0.2, 0.25) is 0 Å². The Kier molecular flexibility index (Phi) is 3.80. The van der Waals surface area contributed by atoms with E-state index in [1.54, 1.807) is 4.90 Å². The van der Waals surface area contributed by atoms with Gasteiger partial charge in [-0.05, 0) is 38.3 Å². The lowest BCUT2D eigenvalue weighted by Gasteiger charge is -2.36. The highest BCUT2D eigenvalue weighted by atomic mass is 16.6. The maximum Gasteiger partial charge on any atom is 0.410 e. The molecule has 1 heterocycles. The van der Waals surface area contributed by atoms with Gasteiger partial charge in [-0.3, -0.25) is 4.90 Å². The molecule has 1 atom stereocenters. The first-order valence-electron chi connectivity index (χ1n) is 6.58. The normalized spacial score (nSPS) is 18.9. The van der Waals surface area contributed by atoms with Crippen LogP contribution in [-0.2, 0) is 17.7 Å². The van der Waals surface area contributed by atoms with Gasteiger partial charge in [0.05, 0.1) is 12.6 Å². The number of carbonyl (C=O) groups excluding carboxylic acids is 1. The molecule has 1 aliphatic rings. The molecule has 1 aromatic rings. The van der Waals surface area contributed by atoms with Crippen LogP contribution in [0.1, 0.15) is 31.9 Å². The van der Waals surface area contributed by atoms with Crippen LogP contribution in [0, 0.1) is 0 Å². The van der Waals surface area contributed by atoms with Crippen molar-refractivity contribution in [3.8, 4) is 0 Å². The van der Waals surface area contributed by atoms with Crippen LogP contribution in [-0.4, -0.2) is 34.3 Å². The minimum absolute atomic E-state index is 0.0480. The molecule has 1 N–H and O–H groups in total. The predicted molar refractivity (Wildman–Crippen MR) is 72.8 cm³/mol. The van der Waals surface area contributed by atoms with E-state index in [-0.39, 0.29) is 18.7 Å². The van der Waals surface area contributed by atoms with E-state index in [9.17, 15) is 9.90 Å². The molecule has 1 aromatic carbocycles. The summed E-state index contributed by atoms with van der Waals surface area (Å²) in [4.78, 5) is 13.8. The summed E-state index contributed by atoms with van der Waals surface area (Å²) >= 11 is 0. The van der Waals surface area contributed by atoms with Gasteiger partial charge in [0.2, 0.25) is 0 Å². The smallest absolute Gasteiger partial charge is 0.410 e. The predicted octanol–water partition coefficient (Wildman–Crippen LogP) is 2.34. The molecule has 0 bridgehead atoms. The average Bonchev–Trinajstić information content (AvgIpc) is 2.35. The Morgan fingerprint density at radius 2 is 2.00 bits per heavy atom. The summed E-state index contributed by atoms with van der Waals surface area (Å²) in [5.74, 6) is 0. The van der Waals surface area contributed by atoms with E-state index < -0.39 is 5.60 Å². The SMILES string of the molecule is CC(C)(C)OC(=O)N1Cc2ccccc2CC1CO. The summed E-state index contributed by atoms with van der Waals surface area (Å²) in [6, 6.07) is 7.80. The number of aliphatic hydroxyl groups is 1. The zero-order chi connectivity index (χ0) is 14.0. The minimum atomic E-state index is -0.520. The quantitative estimate of drug-likeness (QED) is 0.846. The molecule has 0 fully saturated rings. The van der Waals surface area contributed by atoms with E-state index in [1.807, 2.05) is 45.0 Å². The summed E-state index contributed by atoms with van der Waals surface area (Å²) in [6.45, 7) is 5.98. The fourth-order valence-corrected chi connectivity index (χ4v) is 2.28. The van der Waals surface area contributed by atoms with Crippen molar-refractivity contribution in [3.05, 3.63) is 35.4 Å². The van der Waals surface area contributed by atoms with E-state index in [0.29, 0.717) is 13.0 Å². The molecule has 0 saturated heterocycles. The largest absolute Gasteiger partial charge is 0.444 e. The summed E-state index contributed by atoms with van der Waals surface area (Å²) in [5, 5.41) is 9.48. The van der Waals surface area contributed by atoms with E-state index in [0.717, 1.165) is 5.56 Å². The fraction of sp³-hybridized carbons (Fsp3) is 0.533. The number of ether oxygens (including phenoxy) is 1. The van der Waals surface area contributed by atoms with Gasteiger partial charge in [0.1, 0.15) is 5.60 Å². The van der Waals surface area contributed by atoms with Gasteiger partial charge < -0.3 is 9.84 Å². The molecule has 0 aromatic heterocycles. The van der Waals surface area contributed by atoms with Crippen LogP contribution in [0.25, 0.3) is 0 Å². The van der Waals surface area contributed by atoms with Crippen molar-refractivity contribution in [1.82, 2.24) is 4.90 Å². The third-order valence-electron chi connectivity index (χ3n) is 3.19. The van der Waals surface area contributed by atoms with Crippen molar-refractivity contribution in [2.24, 2.45) is 0 Å². The highest BCUT2D eigenvalue weighted by Crippen LogP contribution is 2.24. The molecule has 1 amide bonds. The van der Waals surface area contributed by atoms with E-state index in [2.05, 4.69) is 0 Å². The third-order valence-corrected chi connectivity index (χ3v) is 3.19. The van der Waals surface area contributed by atoms with E-state index in [4.69, 9.17) is 4.74 Å². The van der Waals surface area contributed by atoms with Crippen LogP contribution in [0.5, 0.6) is 0 Å². The van der Waals surface area contributed by atoms with Crippen molar-refractivity contribution in [2.45, 2.75) is 45.4 Å². The zero-order valence-corrected chi connectivity index (χ0v) is 11.7. The average molecular weight is 263 g/mol. The second kappa shape index (κ2) is 5.21. The molecular formula is C15H21NO3. The second-order valence-corrected chi connectivity index (χ2v) is 5.92. The number of amides is 1. The first-order valence-corrected chi connectivity index (χ1v) is 6.58. The molecule has 0 saturated carbocycles. The molecule has 104 valence electrons. The molecular weight excluding hydrogens is 242 g/mol. The molecule has 2 rings (SSSR count). The maximum atomic E-state index is 12.2. The molecule has 19 heavy (non-hydrogen) atoms. The van der Waals surface area contributed by atoms with Crippen molar-refractivity contribution in [1.29, 1.82) is 0 Å². The minimum Gasteiger partial charge on any atom is -0.444 e. The van der Waals surface area contributed by atoms with Crippen molar-refractivity contribution in [2.75, 3.05) is 6.61 Å². The number of aliphatic hydroxyl groups excluding tert-OH is 1. The lowest BCUT2D eigenvalue weighted by Crippen LogP contribution is -2.48. The molecule has 1 aliphatic heterocycles. The summed E-state index contributed by atoms with van der Waals surface area (Å²) in [6.07, 6.45) is 0.312. The molecule has 4 heteroatoms. The molecule has 0 radical (unpaired) electrons. The monoisotopic (exact) mass is 263 g/mol. The Balaban J connectivity index is 2.19. The molecule has 0 spiro atoms. The van der Waals surface area contributed by atoms with E-state index in [1.165, 1.54) is 5.56 Å². The highest BCUT2D eigenvalue weighted by molar-refractivity contribution is 5.69. The van der Waals surface area contributed by atoms with Crippen molar-refractivity contribution >= 4 is 6.09 Å². The van der Waals surface area contributed by atoms with Gasteiger partial charge >= 0.3 is 6.09 Å². The molecule has 4 nitrogen and oxygen atoms in total. The third kappa shape index (κ3) is 3.26. The topological polar surface area (TPSA) is 49.8 Å². The van der Waals surface area contributed by atoms with Gasteiger partial charge in [-0.15, -0.1) is 0 Å². The zero-order valence-electron chi connectivity index (χ0n) is 11.7. The van der Waals surface area contributed by atoms with Crippen LogP contribution < -0.4 is 0 Å². The Hall–Kier alpha value is -1.55. The number of rotatable bonds is 1. The first kappa shape index (κ1) is 13.9. The number of hydrogen-bond acceptors (Lipinski definition) is 3. The number of fused-ring (bicyclic) bond motifs is 1. The van der Waals surface area contributed by atoms with Gasteiger partial charge in [-0.2, -0.15) is 0 Å². The highest BCUT2D eigenvalue weighted by Gasteiger charge is 2.32. The van der Waals surface area contributed by atoms with E-state index >= 15 is 0 Å². The van der Waals surface area contributed by atoms with Gasteiger partial charge in [-0.25, -0.2) is 4.79 Å². The van der Waals surface area contributed by atoms with Gasteiger partial charge in [-0.1, -0.05) is 24.3 Å². The van der Waals surface area contributed by atoms with Gasteiger partial charge in [0.15, 0.2) is 0 Å². The Labute approximate surface area is 114 Å². The van der Waals surface area contributed by atoms with Gasteiger partial charge in [0.25, 0.3) is 0 Å². The summed E-state index contributed by atoms with van der Waals surface area (Å²) < 4.78 is 5.40. The Morgan fingerprint density at radius 3 is 2.58 bits per heavy atom. The Bertz CT molecular complexity index is 465. The standard InChI is InChI=1S/C15H21NO3/c1-15(2,3)19-14(18)16-9-12-7-5-4-6-11(12)8-13(16)10-17/h4-7,13,17H,8-10H2,1-3H3.